The summed E-state index contributed by atoms with van der Waals surface area (Å²) in [6, 6.07) is 4.91. The number of nitrogens with one attached hydrogen (secondary N) is 1. The Labute approximate surface area is 135 Å². The Hall–Kier alpha value is -1.09. The average Bonchev–Trinajstić information content (AvgIpc) is 2.82. The van der Waals surface area contributed by atoms with Crippen molar-refractivity contribution >= 4 is 43.0 Å². The molecule has 2 N–H and O–H groups in total. The minimum atomic E-state index is -3.75. The fourth-order valence-electron chi connectivity index (χ4n) is 1.89. The van der Waals surface area contributed by atoms with Gasteiger partial charge in [0.05, 0.1) is 28.8 Å². The first-order valence-corrected chi connectivity index (χ1v) is 9.09. The highest BCUT2D eigenvalue weighted by atomic mass is 79.9. The van der Waals surface area contributed by atoms with Gasteiger partial charge < -0.3 is 9.84 Å². The number of hydrogen-bond acceptors (Lipinski definition) is 5. The Morgan fingerprint density at radius 1 is 1.43 bits per heavy atom. The molecule has 0 unspecified atom stereocenters. The quantitative estimate of drug-likeness (QED) is 0.820. The lowest BCUT2D eigenvalue weighted by Crippen LogP contribution is -2.15. The van der Waals surface area contributed by atoms with Crippen LogP contribution >= 0.6 is 27.3 Å². The number of methoxy groups -OCH3 is 1. The smallest absolute Gasteiger partial charge is 0.263 e. The largest absolute Gasteiger partial charge is 0.495 e. The summed E-state index contributed by atoms with van der Waals surface area (Å²) in [7, 11) is -2.25. The lowest BCUT2D eigenvalue weighted by molar-refractivity contribution is 0.282. The second-order valence-electron chi connectivity index (χ2n) is 4.28. The van der Waals surface area contributed by atoms with Crippen molar-refractivity contribution in [1.82, 2.24) is 0 Å². The molecule has 2 rings (SSSR count). The Bertz CT molecular complexity index is 756. The Morgan fingerprint density at radius 2 is 2.14 bits per heavy atom. The van der Waals surface area contributed by atoms with Gasteiger partial charge in [-0.3, -0.25) is 4.72 Å². The van der Waals surface area contributed by atoms with Crippen LogP contribution in [0, 0.1) is 6.92 Å². The Morgan fingerprint density at radius 3 is 2.76 bits per heavy atom. The summed E-state index contributed by atoms with van der Waals surface area (Å²) in [4.78, 5) is 0.556. The molecule has 0 saturated carbocycles. The maximum Gasteiger partial charge on any atom is 0.263 e. The van der Waals surface area contributed by atoms with Gasteiger partial charge in [0.25, 0.3) is 10.0 Å². The number of aliphatic hydroxyl groups excluding tert-OH is 1. The van der Waals surface area contributed by atoms with Crippen LogP contribution in [-0.4, -0.2) is 20.6 Å². The van der Waals surface area contributed by atoms with E-state index in [-0.39, 0.29) is 11.5 Å². The van der Waals surface area contributed by atoms with E-state index in [1.165, 1.54) is 18.4 Å². The highest BCUT2D eigenvalue weighted by Gasteiger charge is 2.23. The van der Waals surface area contributed by atoms with Crippen LogP contribution in [0.5, 0.6) is 5.75 Å². The molecule has 0 amide bonds. The zero-order chi connectivity index (χ0) is 15.6. The van der Waals surface area contributed by atoms with Crippen molar-refractivity contribution in [3.8, 4) is 5.75 Å². The first-order chi connectivity index (χ1) is 9.89. The topological polar surface area (TPSA) is 75.6 Å². The first-order valence-electron chi connectivity index (χ1n) is 5.93. The molecule has 5 nitrogen and oxygen atoms in total. The second-order valence-corrected chi connectivity index (χ2v) is 7.72. The molecular formula is C13H14BrNO4S2. The summed E-state index contributed by atoms with van der Waals surface area (Å²) < 4.78 is 33.3. The van der Waals surface area contributed by atoms with Crippen molar-refractivity contribution in [3.05, 3.63) is 38.5 Å². The normalized spacial score (nSPS) is 11.4. The minimum absolute atomic E-state index is 0.136. The van der Waals surface area contributed by atoms with E-state index in [0.717, 1.165) is 4.47 Å². The fraction of sp³-hybridized carbons (Fsp3) is 0.231. The summed E-state index contributed by atoms with van der Waals surface area (Å²) >= 11 is 4.53. The van der Waals surface area contributed by atoms with Crippen LogP contribution in [0.4, 0.5) is 5.69 Å². The fourth-order valence-corrected chi connectivity index (χ4v) is 5.01. The van der Waals surface area contributed by atoms with Crippen molar-refractivity contribution in [3.63, 3.8) is 0 Å². The number of benzene rings is 1. The molecule has 21 heavy (non-hydrogen) atoms. The van der Waals surface area contributed by atoms with Crippen LogP contribution in [0.25, 0.3) is 0 Å². The third-order valence-electron chi connectivity index (χ3n) is 2.81. The molecule has 0 aliphatic heterocycles. The third kappa shape index (κ3) is 3.39. The highest BCUT2D eigenvalue weighted by molar-refractivity contribution is 9.10. The van der Waals surface area contributed by atoms with Gasteiger partial charge in [-0.05, 0) is 45.9 Å². The maximum atomic E-state index is 12.5. The van der Waals surface area contributed by atoms with Crippen LogP contribution in [0.1, 0.15) is 10.4 Å². The molecule has 0 radical (unpaired) electrons. The molecule has 0 bridgehead atoms. The Balaban J connectivity index is 2.40. The molecule has 1 heterocycles. The molecule has 2 aromatic rings. The van der Waals surface area contributed by atoms with Crippen molar-refractivity contribution in [2.24, 2.45) is 0 Å². The number of halogens is 1. The number of thiophene rings is 1. The molecular weight excluding hydrogens is 378 g/mol. The second kappa shape index (κ2) is 6.35. The van der Waals surface area contributed by atoms with Gasteiger partial charge in [0.1, 0.15) is 10.6 Å². The summed E-state index contributed by atoms with van der Waals surface area (Å²) in [6.45, 7) is 1.39. The average molecular weight is 392 g/mol. The zero-order valence-corrected chi connectivity index (χ0v) is 14.6. The molecule has 114 valence electrons. The number of aliphatic hydroxyl groups is 1. The van der Waals surface area contributed by atoms with Crippen molar-refractivity contribution in [2.45, 2.75) is 18.4 Å². The zero-order valence-electron chi connectivity index (χ0n) is 11.4. The maximum absolute atomic E-state index is 12.5. The predicted molar refractivity (Wildman–Crippen MR) is 86.5 cm³/mol. The third-order valence-corrected chi connectivity index (χ3v) is 6.29. The molecule has 0 fully saturated rings. The van der Waals surface area contributed by atoms with Gasteiger partial charge in [-0.25, -0.2) is 8.42 Å². The van der Waals surface area contributed by atoms with Crippen LogP contribution in [0.3, 0.4) is 0 Å². The van der Waals surface area contributed by atoms with E-state index in [1.807, 2.05) is 0 Å². The predicted octanol–water partition coefficient (Wildman–Crippen LogP) is 3.12. The molecule has 0 atom stereocenters. The summed E-state index contributed by atoms with van der Waals surface area (Å²) in [6.07, 6.45) is 0. The molecule has 1 aromatic heterocycles. The van der Waals surface area contributed by atoms with Crippen LogP contribution < -0.4 is 9.46 Å². The van der Waals surface area contributed by atoms with Crippen molar-refractivity contribution < 1.29 is 18.3 Å². The van der Waals surface area contributed by atoms with E-state index in [4.69, 9.17) is 4.74 Å². The molecule has 8 heteroatoms. The SMILES string of the molecule is COc1cc(NS(=O)(=O)c2c(C)csc2CO)ccc1Br. The van der Waals surface area contributed by atoms with Crippen LogP contribution in [0.2, 0.25) is 0 Å². The summed E-state index contributed by atoms with van der Waals surface area (Å²) in [5, 5.41) is 11.0. The number of sulfonamides is 1. The highest BCUT2D eigenvalue weighted by Crippen LogP contribution is 2.31. The van der Waals surface area contributed by atoms with Crippen LogP contribution in [-0.2, 0) is 16.6 Å². The number of ether oxygens (including phenoxy) is 1. The van der Waals surface area contributed by atoms with Gasteiger partial charge in [-0.2, -0.15) is 0 Å². The monoisotopic (exact) mass is 391 g/mol. The van der Waals surface area contributed by atoms with Gasteiger partial charge in [-0.1, -0.05) is 0 Å². The van der Waals surface area contributed by atoms with Crippen LogP contribution in [0.15, 0.2) is 32.9 Å². The number of anilines is 1. The lowest BCUT2D eigenvalue weighted by atomic mass is 10.3. The number of rotatable bonds is 5. The number of aryl methyl sites for hydroxylation is 1. The minimum Gasteiger partial charge on any atom is -0.495 e. The van der Waals surface area contributed by atoms with E-state index in [0.29, 0.717) is 21.9 Å². The van der Waals surface area contributed by atoms with E-state index >= 15 is 0 Å². The number of hydrogen-bond donors (Lipinski definition) is 2. The standard InChI is InChI=1S/C13H14BrNO4S2/c1-8-7-20-12(6-16)13(8)21(17,18)15-9-3-4-10(14)11(5-9)19-2/h3-5,7,15-16H,6H2,1-2H3. The van der Waals surface area contributed by atoms with E-state index in [9.17, 15) is 13.5 Å². The van der Waals surface area contributed by atoms with E-state index in [1.54, 1.807) is 30.5 Å². The molecule has 0 spiro atoms. The van der Waals surface area contributed by atoms with Crippen molar-refractivity contribution in [1.29, 1.82) is 0 Å². The Kier molecular flexibility index (Phi) is 4.92. The van der Waals surface area contributed by atoms with Gasteiger partial charge >= 0.3 is 0 Å². The lowest BCUT2D eigenvalue weighted by Gasteiger charge is -2.11. The van der Waals surface area contributed by atoms with Gasteiger partial charge in [0.15, 0.2) is 0 Å². The first kappa shape index (κ1) is 16.3. The summed E-state index contributed by atoms with van der Waals surface area (Å²) in [5.74, 6) is 0.527. The van der Waals surface area contributed by atoms with E-state index in [2.05, 4.69) is 20.7 Å². The summed E-state index contributed by atoms with van der Waals surface area (Å²) in [5.41, 5.74) is 1.00. The van der Waals surface area contributed by atoms with Crippen molar-refractivity contribution in [2.75, 3.05) is 11.8 Å². The molecule has 0 saturated heterocycles. The van der Waals surface area contributed by atoms with Gasteiger partial charge in [-0.15, -0.1) is 11.3 Å². The molecule has 1 aromatic carbocycles. The van der Waals surface area contributed by atoms with Gasteiger partial charge in [0.2, 0.25) is 0 Å². The van der Waals surface area contributed by atoms with Gasteiger partial charge in [0, 0.05) is 6.07 Å². The molecule has 0 aliphatic rings. The molecule has 0 aliphatic carbocycles. The van der Waals surface area contributed by atoms with E-state index < -0.39 is 10.0 Å².